The first-order chi connectivity index (χ1) is 6.25. The third-order valence-electron chi connectivity index (χ3n) is 2.13. The van der Waals surface area contributed by atoms with E-state index in [2.05, 4.69) is 19.0 Å². The van der Waals surface area contributed by atoms with E-state index in [0.29, 0.717) is 5.92 Å². The molecule has 0 saturated heterocycles. The molecular weight excluding hydrogens is 162 g/mol. The lowest BCUT2D eigenvalue weighted by molar-refractivity contribution is 0.318. The SMILES string of the molecule is CC(C)[C@@H](/C=N/O)c1ccccc1. The first-order valence-corrected chi connectivity index (χ1v) is 4.48. The molecule has 13 heavy (non-hydrogen) atoms. The molecule has 1 aromatic carbocycles. The second-order valence-corrected chi connectivity index (χ2v) is 3.45. The van der Waals surface area contributed by atoms with Gasteiger partial charge in [-0.2, -0.15) is 0 Å². The van der Waals surface area contributed by atoms with Crippen molar-refractivity contribution >= 4 is 6.21 Å². The van der Waals surface area contributed by atoms with E-state index in [1.165, 1.54) is 5.56 Å². The largest absolute Gasteiger partial charge is 0.411 e. The van der Waals surface area contributed by atoms with Crippen LogP contribution in [-0.4, -0.2) is 11.4 Å². The van der Waals surface area contributed by atoms with Crippen LogP contribution < -0.4 is 0 Å². The Balaban J connectivity index is 2.89. The Morgan fingerprint density at radius 2 is 1.85 bits per heavy atom. The molecule has 70 valence electrons. The maximum Gasteiger partial charge on any atom is 0.0513 e. The van der Waals surface area contributed by atoms with Crippen molar-refractivity contribution in [1.82, 2.24) is 0 Å². The molecule has 0 amide bonds. The number of hydrogen-bond donors (Lipinski definition) is 1. The van der Waals surface area contributed by atoms with Crippen LogP contribution in [0.3, 0.4) is 0 Å². The molecule has 1 N–H and O–H groups in total. The molecule has 1 atom stereocenters. The average Bonchev–Trinajstić information content (AvgIpc) is 2.15. The van der Waals surface area contributed by atoms with E-state index in [1.807, 2.05) is 30.3 Å². The normalized spacial score (nSPS) is 13.8. The molecule has 0 aliphatic heterocycles. The average molecular weight is 177 g/mol. The summed E-state index contributed by atoms with van der Waals surface area (Å²) in [6, 6.07) is 10.1. The summed E-state index contributed by atoms with van der Waals surface area (Å²) in [6.45, 7) is 4.22. The minimum Gasteiger partial charge on any atom is -0.411 e. The summed E-state index contributed by atoms with van der Waals surface area (Å²) < 4.78 is 0. The van der Waals surface area contributed by atoms with Gasteiger partial charge < -0.3 is 5.21 Å². The minimum absolute atomic E-state index is 0.200. The number of benzene rings is 1. The quantitative estimate of drug-likeness (QED) is 0.430. The van der Waals surface area contributed by atoms with Gasteiger partial charge in [0.05, 0.1) is 6.21 Å². The molecule has 1 aromatic rings. The van der Waals surface area contributed by atoms with Gasteiger partial charge in [-0.25, -0.2) is 0 Å². The van der Waals surface area contributed by atoms with Crippen molar-refractivity contribution in [1.29, 1.82) is 0 Å². The second kappa shape index (κ2) is 4.65. The standard InChI is InChI=1S/C11H15NO/c1-9(2)11(8-12-13)10-6-4-3-5-7-10/h3-9,11,13H,1-2H3/b12-8+/t11-/m1/s1. The Labute approximate surface area is 78.9 Å². The number of nitrogens with zero attached hydrogens (tertiary/aromatic N) is 1. The number of hydrogen-bond acceptors (Lipinski definition) is 2. The van der Waals surface area contributed by atoms with Gasteiger partial charge in [-0.05, 0) is 11.5 Å². The van der Waals surface area contributed by atoms with Crippen molar-refractivity contribution in [2.45, 2.75) is 19.8 Å². The molecule has 2 heteroatoms. The number of rotatable bonds is 3. The summed E-state index contributed by atoms with van der Waals surface area (Å²) in [5.74, 6) is 0.643. The number of oxime groups is 1. The molecule has 0 bridgehead atoms. The summed E-state index contributed by atoms with van der Waals surface area (Å²) in [7, 11) is 0. The molecule has 0 radical (unpaired) electrons. The lowest BCUT2D eigenvalue weighted by Crippen LogP contribution is -2.07. The van der Waals surface area contributed by atoms with Gasteiger partial charge in [0.25, 0.3) is 0 Å². The van der Waals surface area contributed by atoms with E-state index in [1.54, 1.807) is 6.21 Å². The molecule has 0 saturated carbocycles. The van der Waals surface area contributed by atoms with Crippen LogP contribution in [-0.2, 0) is 0 Å². The summed E-state index contributed by atoms with van der Waals surface area (Å²) in [6.07, 6.45) is 1.58. The van der Waals surface area contributed by atoms with Gasteiger partial charge in [0.1, 0.15) is 0 Å². The van der Waals surface area contributed by atoms with Crippen LogP contribution in [0.5, 0.6) is 0 Å². The molecule has 1 rings (SSSR count). The van der Waals surface area contributed by atoms with E-state index in [-0.39, 0.29) is 5.92 Å². The van der Waals surface area contributed by atoms with Gasteiger partial charge in [-0.1, -0.05) is 44.2 Å². The highest BCUT2D eigenvalue weighted by Gasteiger charge is 2.12. The predicted octanol–water partition coefficient (Wildman–Crippen LogP) is 2.89. The van der Waals surface area contributed by atoms with Crippen LogP contribution in [0, 0.1) is 5.92 Å². The summed E-state index contributed by atoms with van der Waals surface area (Å²) in [4.78, 5) is 0. The van der Waals surface area contributed by atoms with Crippen LogP contribution >= 0.6 is 0 Å². The molecule has 0 heterocycles. The zero-order valence-corrected chi connectivity index (χ0v) is 8.01. The fourth-order valence-corrected chi connectivity index (χ4v) is 1.39. The third kappa shape index (κ3) is 2.58. The van der Waals surface area contributed by atoms with Crippen molar-refractivity contribution < 1.29 is 5.21 Å². The van der Waals surface area contributed by atoms with Crippen molar-refractivity contribution in [3.63, 3.8) is 0 Å². The Morgan fingerprint density at radius 3 is 2.31 bits per heavy atom. The maximum atomic E-state index is 8.52. The van der Waals surface area contributed by atoms with Gasteiger partial charge in [0.2, 0.25) is 0 Å². The lowest BCUT2D eigenvalue weighted by atomic mass is 9.90. The fraction of sp³-hybridized carbons (Fsp3) is 0.364. The predicted molar refractivity (Wildman–Crippen MR) is 54.3 cm³/mol. The zero-order chi connectivity index (χ0) is 9.68. The summed E-state index contributed by atoms with van der Waals surface area (Å²) in [5, 5.41) is 11.6. The molecule has 0 aliphatic rings. The highest BCUT2D eigenvalue weighted by molar-refractivity contribution is 5.67. The van der Waals surface area contributed by atoms with Gasteiger partial charge in [-0.3, -0.25) is 0 Å². The van der Waals surface area contributed by atoms with Crippen molar-refractivity contribution in [3.05, 3.63) is 35.9 Å². The Hall–Kier alpha value is -1.31. The fourth-order valence-electron chi connectivity index (χ4n) is 1.39. The topological polar surface area (TPSA) is 32.6 Å². The Bertz CT molecular complexity index is 267. The van der Waals surface area contributed by atoms with Crippen LogP contribution in [0.2, 0.25) is 0 Å². The van der Waals surface area contributed by atoms with Crippen LogP contribution in [0.4, 0.5) is 0 Å². The van der Waals surface area contributed by atoms with Crippen LogP contribution in [0.25, 0.3) is 0 Å². The van der Waals surface area contributed by atoms with Gasteiger partial charge in [0.15, 0.2) is 0 Å². The minimum atomic E-state index is 0.200. The van der Waals surface area contributed by atoms with Crippen molar-refractivity contribution in [2.24, 2.45) is 11.1 Å². The molecular formula is C11H15NO. The molecule has 2 nitrogen and oxygen atoms in total. The lowest BCUT2D eigenvalue weighted by Gasteiger charge is -2.15. The van der Waals surface area contributed by atoms with Gasteiger partial charge in [-0.15, -0.1) is 5.16 Å². The van der Waals surface area contributed by atoms with Crippen LogP contribution in [0.15, 0.2) is 35.5 Å². The maximum absolute atomic E-state index is 8.52. The highest BCUT2D eigenvalue weighted by Crippen LogP contribution is 2.21. The molecule has 0 spiro atoms. The van der Waals surface area contributed by atoms with Gasteiger partial charge >= 0.3 is 0 Å². The highest BCUT2D eigenvalue weighted by atomic mass is 16.4. The monoisotopic (exact) mass is 177 g/mol. The Kier molecular flexibility index (Phi) is 3.50. The molecule has 0 aromatic heterocycles. The van der Waals surface area contributed by atoms with Crippen molar-refractivity contribution in [2.75, 3.05) is 0 Å². The van der Waals surface area contributed by atoms with E-state index < -0.39 is 0 Å². The van der Waals surface area contributed by atoms with Gasteiger partial charge in [0, 0.05) is 5.92 Å². The molecule has 0 fully saturated rings. The summed E-state index contributed by atoms with van der Waals surface area (Å²) in [5.41, 5.74) is 1.19. The van der Waals surface area contributed by atoms with E-state index in [4.69, 9.17) is 5.21 Å². The second-order valence-electron chi connectivity index (χ2n) is 3.45. The van der Waals surface area contributed by atoms with Crippen molar-refractivity contribution in [3.8, 4) is 0 Å². The zero-order valence-electron chi connectivity index (χ0n) is 8.01. The third-order valence-corrected chi connectivity index (χ3v) is 2.13. The summed E-state index contributed by atoms with van der Waals surface area (Å²) >= 11 is 0. The Morgan fingerprint density at radius 1 is 1.23 bits per heavy atom. The first-order valence-electron chi connectivity index (χ1n) is 4.48. The van der Waals surface area contributed by atoms with E-state index in [9.17, 15) is 0 Å². The van der Waals surface area contributed by atoms with E-state index in [0.717, 1.165) is 0 Å². The van der Waals surface area contributed by atoms with Crippen LogP contribution in [0.1, 0.15) is 25.3 Å². The smallest absolute Gasteiger partial charge is 0.0513 e. The van der Waals surface area contributed by atoms with E-state index >= 15 is 0 Å². The first kappa shape index (κ1) is 9.78. The molecule has 0 unspecified atom stereocenters. The molecule has 0 aliphatic carbocycles.